The van der Waals surface area contributed by atoms with E-state index in [9.17, 15) is 4.79 Å². The molecule has 0 bridgehead atoms. The van der Waals surface area contributed by atoms with Gasteiger partial charge in [0.25, 0.3) is 0 Å². The lowest BCUT2D eigenvalue weighted by molar-refractivity contribution is -0.141. The third-order valence-corrected chi connectivity index (χ3v) is 2.51. The number of hydrogen-bond acceptors (Lipinski definition) is 2. The van der Waals surface area contributed by atoms with E-state index in [4.69, 9.17) is 4.74 Å². The van der Waals surface area contributed by atoms with Crippen molar-refractivity contribution in [3.63, 3.8) is 0 Å². The van der Waals surface area contributed by atoms with Gasteiger partial charge in [0.05, 0.1) is 0 Å². The third kappa shape index (κ3) is 4.45. The highest BCUT2D eigenvalue weighted by molar-refractivity contribution is 5.71. The summed E-state index contributed by atoms with van der Waals surface area (Å²) in [5, 5.41) is 0. The van der Waals surface area contributed by atoms with Gasteiger partial charge in [-0.2, -0.15) is 0 Å². The van der Waals surface area contributed by atoms with Crippen molar-refractivity contribution < 1.29 is 9.53 Å². The Morgan fingerprint density at radius 3 is 2.93 bits per heavy atom. The number of cyclic esters (lactones) is 1. The van der Waals surface area contributed by atoms with Crippen LogP contribution in [0.3, 0.4) is 0 Å². The molecule has 0 spiro atoms. The lowest BCUT2D eigenvalue weighted by atomic mass is 10.1. The molecule has 1 aliphatic heterocycles. The van der Waals surface area contributed by atoms with Crippen molar-refractivity contribution in [2.45, 2.75) is 58.0 Å². The molecule has 2 nitrogen and oxygen atoms in total. The van der Waals surface area contributed by atoms with E-state index in [0.29, 0.717) is 6.42 Å². The van der Waals surface area contributed by atoms with E-state index in [1.54, 1.807) is 0 Å². The van der Waals surface area contributed by atoms with Crippen LogP contribution in [-0.2, 0) is 9.53 Å². The van der Waals surface area contributed by atoms with Gasteiger partial charge in [-0.05, 0) is 19.3 Å². The lowest BCUT2D eigenvalue weighted by Crippen LogP contribution is -2.04. The van der Waals surface area contributed by atoms with Crippen LogP contribution in [0.5, 0.6) is 0 Å². The van der Waals surface area contributed by atoms with Crippen LogP contribution < -0.4 is 0 Å². The lowest BCUT2D eigenvalue weighted by Gasteiger charge is -2.04. The number of unbranched alkanes of at least 4 members (excludes halogenated alkanes) is 3. The van der Waals surface area contributed by atoms with Gasteiger partial charge in [-0.1, -0.05) is 31.9 Å². The maximum Gasteiger partial charge on any atom is 0.306 e. The summed E-state index contributed by atoms with van der Waals surface area (Å²) in [7, 11) is 0. The maximum absolute atomic E-state index is 10.8. The zero-order chi connectivity index (χ0) is 10.2. The van der Waals surface area contributed by atoms with Crippen molar-refractivity contribution in [3.05, 3.63) is 12.2 Å². The molecule has 1 rings (SSSR count). The van der Waals surface area contributed by atoms with Crippen LogP contribution in [0.4, 0.5) is 0 Å². The molecule has 1 atom stereocenters. The van der Waals surface area contributed by atoms with Crippen LogP contribution in [0.15, 0.2) is 12.2 Å². The Bertz CT molecular complexity index is 196. The Hall–Kier alpha value is -0.790. The van der Waals surface area contributed by atoms with Gasteiger partial charge in [-0.15, -0.1) is 0 Å². The van der Waals surface area contributed by atoms with Gasteiger partial charge in [0.15, 0.2) is 0 Å². The fourth-order valence-electron chi connectivity index (χ4n) is 1.63. The number of ether oxygens (including phenoxy) is 1. The van der Waals surface area contributed by atoms with Gasteiger partial charge in [0.1, 0.15) is 6.10 Å². The van der Waals surface area contributed by atoms with Gasteiger partial charge < -0.3 is 4.74 Å². The molecule has 0 aromatic heterocycles. The first-order valence-corrected chi connectivity index (χ1v) is 5.67. The maximum atomic E-state index is 10.8. The second-order valence-electron chi connectivity index (χ2n) is 3.85. The SMILES string of the molecule is CCCCC/C=C\CC1CCC(=O)O1. The first kappa shape index (κ1) is 11.3. The normalized spacial score (nSPS) is 21.8. The highest BCUT2D eigenvalue weighted by Crippen LogP contribution is 2.17. The summed E-state index contributed by atoms with van der Waals surface area (Å²) in [5.41, 5.74) is 0. The van der Waals surface area contributed by atoms with Crippen molar-refractivity contribution in [2.24, 2.45) is 0 Å². The molecular weight excluding hydrogens is 176 g/mol. The molecule has 1 fully saturated rings. The van der Waals surface area contributed by atoms with E-state index in [0.717, 1.165) is 19.3 Å². The summed E-state index contributed by atoms with van der Waals surface area (Å²) in [6.45, 7) is 2.21. The summed E-state index contributed by atoms with van der Waals surface area (Å²) in [6.07, 6.45) is 11.9. The highest BCUT2D eigenvalue weighted by atomic mass is 16.5. The standard InChI is InChI=1S/C12H20O2/c1-2-3-4-5-6-7-8-11-9-10-12(13)14-11/h6-7,11H,2-5,8-10H2,1H3/b7-6-. The molecule has 0 radical (unpaired) electrons. The zero-order valence-electron chi connectivity index (χ0n) is 9.00. The Balaban J connectivity index is 1.99. The van der Waals surface area contributed by atoms with Crippen molar-refractivity contribution in [2.75, 3.05) is 0 Å². The number of esters is 1. The predicted octanol–water partition coefficient (Wildman–Crippen LogP) is 3.22. The Morgan fingerprint density at radius 2 is 2.29 bits per heavy atom. The molecule has 0 aromatic rings. The average molecular weight is 196 g/mol. The molecule has 1 saturated heterocycles. The van der Waals surface area contributed by atoms with Crippen molar-refractivity contribution in [1.82, 2.24) is 0 Å². The number of carbonyl (C=O) groups excluding carboxylic acids is 1. The van der Waals surface area contributed by atoms with E-state index in [2.05, 4.69) is 19.1 Å². The average Bonchev–Trinajstić information content (AvgIpc) is 2.58. The number of hydrogen-bond donors (Lipinski definition) is 0. The Kier molecular flexibility index (Phi) is 5.35. The molecule has 0 aromatic carbocycles. The second-order valence-corrected chi connectivity index (χ2v) is 3.85. The van der Waals surface area contributed by atoms with Gasteiger partial charge >= 0.3 is 5.97 Å². The van der Waals surface area contributed by atoms with E-state index in [-0.39, 0.29) is 12.1 Å². The number of rotatable bonds is 6. The molecule has 1 aliphatic rings. The second kappa shape index (κ2) is 6.63. The van der Waals surface area contributed by atoms with Crippen LogP contribution in [0.25, 0.3) is 0 Å². The van der Waals surface area contributed by atoms with Crippen molar-refractivity contribution in [3.8, 4) is 0 Å². The quantitative estimate of drug-likeness (QED) is 0.370. The van der Waals surface area contributed by atoms with E-state index < -0.39 is 0 Å². The summed E-state index contributed by atoms with van der Waals surface area (Å²) in [4.78, 5) is 10.8. The van der Waals surface area contributed by atoms with Gasteiger partial charge in [-0.3, -0.25) is 4.79 Å². The molecule has 0 N–H and O–H groups in total. The topological polar surface area (TPSA) is 26.3 Å². The molecule has 1 unspecified atom stereocenters. The molecule has 2 heteroatoms. The summed E-state index contributed by atoms with van der Waals surface area (Å²) < 4.78 is 5.10. The number of allylic oxidation sites excluding steroid dienone is 1. The molecule has 0 saturated carbocycles. The monoisotopic (exact) mass is 196 g/mol. The van der Waals surface area contributed by atoms with Gasteiger partial charge in [0.2, 0.25) is 0 Å². The smallest absolute Gasteiger partial charge is 0.306 e. The minimum Gasteiger partial charge on any atom is -0.462 e. The summed E-state index contributed by atoms with van der Waals surface area (Å²) >= 11 is 0. The largest absolute Gasteiger partial charge is 0.462 e. The summed E-state index contributed by atoms with van der Waals surface area (Å²) in [5.74, 6) is -0.0330. The predicted molar refractivity (Wildman–Crippen MR) is 57.0 cm³/mol. The van der Waals surface area contributed by atoms with Gasteiger partial charge in [-0.25, -0.2) is 0 Å². The first-order chi connectivity index (χ1) is 6.83. The molecule has 80 valence electrons. The van der Waals surface area contributed by atoms with Crippen LogP contribution in [0, 0.1) is 0 Å². The van der Waals surface area contributed by atoms with Crippen LogP contribution in [0.1, 0.15) is 51.9 Å². The van der Waals surface area contributed by atoms with E-state index in [1.807, 2.05) is 0 Å². The Morgan fingerprint density at radius 1 is 1.43 bits per heavy atom. The minimum absolute atomic E-state index is 0.0330. The minimum atomic E-state index is -0.0330. The Labute approximate surface area is 86.3 Å². The molecule has 14 heavy (non-hydrogen) atoms. The fourth-order valence-corrected chi connectivity index (χ4v) is 1.63. The van der Waals surface area contributed by atoms with E-state index >= 15 is 0 Å². The molecule has 1 heterocycles. The van der Waals surface area contributed by atoms with Crippen molar-refractivity contribution >= 4 is 5.97 Å². The van der Waals surface area contributed by atoms with E-state index in [1.165, 1.54) is 19.3 Å². The van der Waals surface area contributed by atoms with Crippen LogP contribution in [0.2, 0.25) is 0 Å². The molecule has 0 aliphatic carbocycles. The highest BCUT2D eigenvalue weighted by Gasteiger charge is 2.21. The first-order valence-electron chi connectivity index (χ1n) is 5.67. The van der Waals surface area contributed by atoms with Crippen LogP contribution >= 0.6 is 0 Å². The number of carbonyl (C=O) groups is 1. The summed E-state index contributed by atoms with van der Waals surface area (Å²) in [6, 6.07) is 0. The van der Waals surface area contributed by atoms with Gasteiger partial charge in [0, 0.05) is 12.8 Å². The molecule has 0 amide bonds. The fraction of sp³-hybridized carbons (Fsp3) is 0.750. The van der Waals surface area contributed by atoms with Crippen molar-refractivity contribution in [1.29, 1.82) is 0 Å². The zero-order valence-corrected chi connectivity index (χ0v) is 9.00. The van der Waals surface area contributed by atoms with Crippen LogP contribution in [-0.4, -0.2) is 12.1 Å². The third-order valence-electron chi connectivity index (χ3n) is 2.51. The molecular formula is C12H20O2.